The standard InChI is InChI=1S/C9H15BrNO.ClH.Hg/c10-7-6-9(12)11-8-4-2-1-3-5-8;;/h4,8H,1-3,5-7H2,(H,11,12);1H;/q;;+1/p-1. The van der Waals surface area contributed by atoms with Crippen molar-refractivity contribution >= 4 is 30.1 Å². The van der Waals surface area contributed by atoms with E-state index in [4.69, 9.17) is 8.25 Å². The second-order valence-electron chi connectivity index (χ2n) is 3.81. The average Bonchev–Trinajstić information content (AvgIpc) is 2.19. The molecule has 0 saturated heterocycles. The van der Waals surface area contributed by atoms with E-state index in [0.29, 0.717) is 15.9 Å². The zero-order valence-corrected chi connectivity index (χ0v) is 16.1. The van der Waals surface area contributed by atoms with E-state index in [1.165, 1.54) is 19.3 Å². The summed E-state index contributed by atoms with van der Waals surface area (Å²) in [6.07, 6.45) is 5.54. The third-order valence-corrected chi connectivity index (χ3v) is 12.0. The van der Waals surface area contributed by atoms with Crippen LogP contribution < -0.4 is 5.32 Å². The third-order valence-electron chi connectivity index (χ3n) is 2.78. The van der Waals surface area contributed by atoms with E-state index in [0.717, 1.165) is 11.8 Å². The van der Waals surface area contributed by atoms with Crippen molar-refractivity contribution < 1.29 is 28.1 Å². The van der Waals surface area contributed by atoms with Gasteiger partial charge in [-0.15, -0.1) is 0 Å². The Bertz CT molecular complexity index is 194. The van der Waals surface area contributed by atoms with E-state index < -0.39 is 23.3 Å². The zero-order chi connectivity index (χ0) is 10.4. The summed E-state index contributed by atoms with van der Waals surface area (Å²) < 4.78 is 0.699. The molecule has 0 aromatic heterocycles. The van der Waals surface area contributed by atoms with Gasteiger partial charge in [0, 0.05) is 0 Å². The molecule has 0 radical (unpaired) electrons. The molecule has 0 heterocycles. The molecule has 0 bridgehead atoms. The summed E-state index contributed by atoms with van der Waals surface area (Å²) in [7, 11) is 6.10. The van der Waals surface area contributed by atoms with Crippen LogP contribution in [-0.4, -0.2) is 17.3 Å². The third kappa shape index (κ3) is 4.36. The predicted molar refractivity (Wildman–Crippen MR) is 58.4 cm³/mol. The Labute approximate surface area is 110 Å². The summed E-state index contributed by atoms with van der Waals surface area (Å²) in [5.74, 6) is 0.178. The normalized spacial score (nSPS) is 26.7. The SMILES string of the molecule is O=C(CCBr)NC1CCCC[CH]1[Hg][Cl]. The Hall–Kier alpha value is 1.18. The van der Waals surface area contributed by atoms with Crippen molar-refractivity contribution in [1.82, 2.24) is 5.32 Å². The second-order valence-corrected chi connectivity index (χ2v) is 12.6. The molecule has 1 aliphatic carbocycles. The molecule has 1 amide bonds. The molecule has 2 unspecified atom stereocenters. The van der Waals surface area contributed by atoms with Gasteiger partial charge >= 0.3 is 110 Å². The molecule has 2 nitrogen and oxygen atoms in total. The van der Waals surface area contributed by atoms with Gasteiger partial charge in [0.1, 0.15) is 0 Å². The van der Waals surface area contributed by atoms with Gasteiger partial charge in [-0.2, -0.15) is 0 Å². The molecule has 1 fully saturated rings. The van der Waals surface area contributed by atoms with Crippen molar-refractivity contribution in [2.75, 3.05) is 5.33 Å². The number of nitrogens with one attached hydrogen (secondary N) is 1. The van der Waals surface area contributed by atoms with Gasteiger partial charge in [-0.1, -0.05) is 0 Å². The Morgan fingerprint density at radius 1 is 1.50 bits per heavy atom. The van der Waals surface area contributed by atoms with E-state index >= 15 is 0 Å². The van der Waals surface area contributed by atoms with Crippen molar-refractivity contribution in [3.05, 3.63) is 0 Å². The van der Waals surface area contributed by atoms with Gasteiger partial charge in [-0.3, -0.25) is 0 Å². The van der Waals surface area contributed by atoms with Crippen LogP contribution in [0.1, 0.15) is 32.1 Å². The molecule has 1 aliphatic rings. The van der Waals surface area contributed by atoms with Crippen molar-refractivity contribution in [3.63, 3.8) is 0 Å². The van der Waals surface area contributed by atoms with Gasteiger partial charge in [0.05, 0.1) is 0 Å². The van der Waals surface area contributed by atoms with Crippen LogP contribution in [0.2, 0.25) is 3.43 Å². The van der Waals surface area contributed by atoms with Gasteiger partial charge in [0.15, 0.2) is 0 Å². The number of carbonyl (C=O) groups excluding carboxylic acids is 1. The molecule has 0 aliphatic heterocycles. The quantitative estimate of drug-likeness (QED) is 0.499. The number of rotatable bonds is 4. The van der Waals surface area contributed by atoms with Crippen molar-refractivity contribution in [2.45, 2.75) is 41.6 Å². The second kappa shape index (κ2) is 7.45. The van der Waals surface area contributed by atoms with Crippen LogP contribution in [0.15, 0.2) is 0 Å². The van der Waals surface area contributed by atoms with E-state index in [-0.39, 0.29) is 5.91 Å². The molecule has 1 N–H and O–H groups in total. The number of amides is 1. The van der Waals surface area contributed by atoms with Gasteiger partial charge in [0.25, 0.3) is 0 Å². The van der Waals surface area contributed by atoms with Gasteiger partial charge in [0.2, 0.25) is 0 Å². The molecule has 78 valence electrons. The molecule has 0 spiro atoms. The van der Waals surface area contributed by atoms with Crippen LogP contribution in [0, 0.1) is 0 Å². The first-order chi connectivity index (χ1) is 6.77. The molecule has 0 aromatic carbocycles. The first-order valence-corrected chi connectivity index (χ1v) is 16.3. The fraction of sp³-hybridized carbons (Fsp3) is 0.889. The van der Waals surface area contributed by atoms with Crippen LogP contribution >= 0.6 is 24.2 Å². The van der Waals surface area contributed by atoms with Crippen LogP contribution in [0.5, 0.6) is 0 Å². The molecule has 5 heteroatoms. The summed E-state index contributed by atoms with van der Waals surface area (Å²) in [5, 5.41) is 3.87. The summed E-state index contributed by atoms with van der Waals surface area (Å²) in [5.41, 5.74) is 0. The number of carbonyl (C=O) groups is 1. The van der Waals surface area contributed by atoms with Crippen molar-refractivity contribution in [2.24, 2.45) is 0 Å². The molecule has 0 aromatic rings. The Kier molecular flexibility index (Phi) is 7.04. The molecular formula is C9H15BrClHgNO. The first-order valence-electron chi connectivity index (χ1n) is 5.19. The molecule has 2 atom stereocenters. The maximum atomic E-state index is 11.4. The number of hydrogen-bond donors (Lipinski definition) is 1. The van der Waals surface area contributed by atoms with E-state index in [2.05, 4.69) is 21.2 Å². The van der Waals surface area contributed by atoms with Crippen LogP contribution in [0.25, 0.3) is 0 Å². The summed E-state index contributed by atoms with van der Waals surface area (Å²) >= 11 is 2.09. The van der Waals surface area contributed by atoms with Crippen LogP contribution in [0.3, 0.4) is 0 Å². The number of hydrogen-bond acceptors (Lipinski definition) is 1. The van der Waals surface area contributed by atoms with Gasteiger partial charge < -0.3 is 0 Å². The van der Waals surface area contributed by atoms with E-state index in [9.17, 15) is 4.79 Å². The van der Waals surface area contributed by atoms with E-state index in [1.807, 2.05) is 0 Å². The average molecular weight is 469 g/mol. The zero-order valence-electron chi connectivity index (χ0n) is 8.27. The molecule has 1 rings (SSSR count). The molecular weight excluding hydrogens is 454 g/mol. The van der Waals surface area contributed by atoms with Gasteiger partial charge in [-0.25, -0.2) is 0 Å². The topological polar surface area (TPSA) is 29.1 Å². The summed E-state index contributed by atoms with van der Waals surface area (Å²) in [4.78, 5) is 11.4. The minimum absolute atomic E-state index is 0.178. The fourth-order valence-corrected chi connectivity index (χ4v) is 9.48. The maximum absolute atomic E-state index is 11.4. The number of halogens is 2. The monoisotopic (exact) mass is 469 g/mol. The Morgan fingerprint density at radius 2 is 2.21 bits per heavy atom. The summed E-state index contributed by atoms with van der Waals surface area (Å²) in [6.45, 7) is 0. The minimum atomic E-state index is -1.18. The number of alkyl halides is 1. The van der Waals surface area contributed by atoms with Gasteiger partial charge in [-0.05, 0) is 0 Å². The first kappa shape index (κ1) is 13.2. The summed E-state index contributed by atoms with van der Waals surface area (Å²) in [6, 6.07) is 0.412. The van der Waals surface area contributed by atoms with Crippen molar-refractivity contribution in [3.8, 4) is 0 Å². The van der Waals surface area contributed by atoms with E-state index in [1.54, 1.807) is 0 Å². The molecule has 1 saturated carbocycles. The Morgan fingerprint density at radius 3 is 2.86 bits per heavy atom. The van der Waals surface area contributed by atoms with Crippen LogP contribution in [-0.2, 0) is 28.1 Å². The predicted octanol–water partition coefficient (Wildman–Crippen LogP) is 2.86. The fourth-order valence-electron chi connectivity index (χ4n) is 1.95. The molecule has 14 heavy (non-hydrogen) atoms. The van der Waals surface area contributed by atoms with Crippen LogP contribution in [0.4, 0.5) is 0 Å². The Balaban J connectivity index is 2.36. The van der Waals surface area contributed by atoms with Crippen molar-refractivity contribution in [1.29, 1.82) is 0 Å².